The second-order valence-electron chi connectivity index (χ2n) is 6.55. The summed E-state index contributed by atoms with van der Waals surface area (Å²) in [7, 11) is 1.35. The number of carbonyl (C=O) groups excluding carboxylic acids is 3. The van der Waals surface area contributed by atoms with E-state index in [0.717, 1.165) is 11.6 Å². The quantitative estimate of drug-likeness (QED) is 0.288. The number of carbonyl (C=O) groups is 3. The van der Waals surface area contributed by atoms with Gasteiger partial charge in [0.15, 0.2) is 11.9 Å². The van der Waals surface area contributed by atoms with Crippen LogP contribution in [-0.4, -0.2) is 35.8 Å². The Kier molecular flexibility index (Phi) is 7.62. The molecule has 158 valence electrons. The number of nitro groups is 1. The molecule has 0 saturated carbocycles. The SMILES string of the molecule is COc1ccc([N+](=O)[O-])cc1NC(=O)C(C)OC(=O)CCC(=O)c1ccc(C)cc1. The van der Waals surface area contributed by atoms with Gasteiger partial charge in [0.2, 0.25) is 0 Å². The van der Waals surface area contributed by atoms with Crippen molar-refractivity contribution in [3.8, 4) is 5.75 Å². The number of ketones is 1. The molecule has 0 bridgehead atoms. The minimum absolute atomic E-state index is 0.0467. The van der Waals surface area contributed by atoms with Crippen molar-refractivity contribution in [3.05, 3.63) is 63.7 Å². The van der Waals surface area contributed by atoms with Gasteiger partial charge in [-0.1, -0.05) is 29.8 Å². The summed E-state index contributed by atoms with van der Waals surface area (Å²) in [5.41, 5.74) is 1.36. The molecule has 30 heavy (non-hydrogen) atoms. The lowest BCUT2D eigenvalue weighted by Crippen LogP contribution is -2.30. The lowest BCUT2D eigenvalue weighted by molar-refractivity contribution is -0.384. The molecule has 2 aromatic carbocycles. The van der Waals surface area contributed by atoms with Gasteiger partial charge in [0, 0.05) is 24.1 Å². The Morgan fingerprint density at radius 2 is 1.77 bits per heavy atom. The number of Topliss-reactive ketones (excluding diaryl/α,β-unsaturated/α-hetero) is 1. The fourth-order valence-corrected chi connectivity index (χ4v) is 2.55. The number of nitrogens with zero attached hydrogens (tertiary/aromatic N) is 1. The van der Waals surface area contributed by atoms with E-state index >= 15 is 0 Å². The normalized spacial score (nSPS) is 11.3. The molecule has 2 aromatic rings. The van der Waals surface area contributed by atoms with Gasteiger partial charge < -0.3 is 14.8 Å². The highest BCUT2D eigenvalue weighted by Gasteiger charge is 2.21. The van der Waals surface area contributed by atoms with Crippen molar-refractivity contribution < 1.29 is 28.8 Å². The molecule has 0 aromatic heterocycles. The smallest absolute Gasteiger partial charge is 0.307 e. The Balaban J connectivity index is 1.91. The monoisotopic (exact) mass is 414 g/mol. The van der Waals surface area contributed by atoms with Crippen LogP contribution in [0.3, 0.4) is 0 Å². The predicted molar refractivity (Wildman–Crippen MR) is 109 cm³/mol. The second-order valence-corrected chi connectivity index (χ2v) is 6.55. The lowest BCUT2D eigenvalue weighted by atomic mass is 10.1. The van der Waals surface area contributed by atoms with E-state index in [4.69, 9.17) is 9.47 Å². The maximum absolute atomic E-state index is 12.3. The largest absolute Gasteiger partial charge is 0.495 e. The van der Waals surface area contributed by atoms with Gasteiger partial charge in [-0.2, -0.15) is 0 Å². The zero-order valence-corrected chi connectivity index (χ0v) is 16.8. The number of amides is 1. The second kappa shape index (κ2) is 10.1. The molecule has 9 heteroatoms. The Bertz CT molecular complexity index is 954. The molecule has 1 N–H and O–H groups in total. The van der Waals surface area contributed by atoms with Gasteiger partial charge in [-0.3, -0.25) is 24.5 Å². The van der Waals surface area contributed by atoms with Crippen molar-refractivity contribution in [2.75, 3.05) is 12.4 Å². The van der Waals surface area contributed by atoms with Gasteiger partial charge in [0.1, 0.15) is 5.75 Å². The standard InChI is InChI=1S/C21H22N2O7/c1-13-4-6-15(7-5-13)18(24)9-11-20(25)30-14(2)21(26)22-17-12-16(23(27)28)8-10-19(17)29-3/h4-8,10,12,14H,9,11H2,1-3H3,(H,22,26). The molecule has 0 saturated heterocycles. The topological polar surface area (TPSA) is 125 Å². The van der Waals surface area contributed by atoms with E-state index in [1.54, 1.807) is 24.3 Å². The average molecular weight is 414 g/mol. The molecule has 0 radical (unpaired) electrons. The number of nitro benzene ring substituents is 1. The summed E-state index contributed by atoms with van der Waals surface area (Å²) in [6.45, 7) is 3.26. The zero-order valence-electron chi connectivity index (χ0n) is 16.8. The molecule has 0 heterocycles. The van der Waals surface area contributed by atoms with Gasteiger partial charge in [0.05, 0.1) is 24.1 Å². The summed E-state index contributed by atoms with van der Waals surface area (Å²) in [6, 6.07) is 10.7. The lowest BCUT2D eigenvalue weighted by Gasteiger charge is -2.15. The minimum Gasteiger partial charge on any atom is -0.495 e. The van der Waals surface area contributed by atoms with Crippen LogP contribution in [0.5, 0.6) is 5.75 Å². The summed E-state index contributed by atoms with van der Waals surface area (Å²) >= 11 is 0. The fraction of sp³-hybridized carbons (Fsp3) is 0.286. The van der Waals surface area contributed by atoms with Crippen LogP contribution < -0.4 is 10.1 Å². The van der Waals surface area contributed by atoms with Gasteiger partial charge in [-0.25, -0.2) is 0 Å². The molecule has 1 atom stereocenters. The van der Waals surface area contributed by atoms with Crippen LogP contribution >= 0.6 is 0 Å². The van der Waals surface area contributed by atoms with Crippen molar-refractivity contribution in [2.24, 2.45) is 0 Å². The number of aryl methyl sites for hydroxylation is 1. The number of ether oxygens (including phenoxy) is 2. The number of rotatable bonds is 9. The third kappa shape index (κ3) is 6.13. The molecule has 9 nitrogen and oxygen atoms in total. The number of hydrogen-bond acceptors (Lipinski definition) is 7. The van der Waals surface area contributed by atoms with E-state index in [9.17, 15) is 24.5 Å². The number of esters is 1. The summed E-state index contributed by atoms with van der Waals surface area (Å²) in [5, 5.41) is 13.4. The highest BCUT2D eigenvalue weighted by atomic mass is 16.6. The summed E-state index contributed by atoms with van der Waals surface area (Å²) in [6.07, 6.45) is -1.39. The molecule has 0 spiro atoms. The first-order valence-corrected chi connectivity index (χ1v) is 9.14. The molecular weight excluding hydrogens is 392 g/mol. The molecular formula is C21H22N2O7. The summed E-state index contributed by atoms with van der Waals surface area (Å²) in [4.78, 5) is 46.7. The van der Waals surface area contributed by atoms with Gasteiger partial charge in [-0.05, 0) is 19.9 Å². The van der Waals surface area contributed by atoms with Crippen molar-refractivity contribution in [1.82, 2.24) is 0 Å². The Morgan fingerprint density at radius 3 is 2.37 bits per heavy atom. The van der Waals surface area contributed by atoms with Gasteiger partial charge >= 0.3 is 5.97 Å². The number of nitrogens with one attached hydrogen (secondary N) is 1. The van der Waals surface area contributed by atoms with Crippen LogP contribution in [0.1, 0.15) is 35.7 Å². The van der Waals surface area contributed by atoms with Crippen LogP contribution in [0, 0.1) is 17.0 Å². The van der Waals surface area contributed by atoms with Crippen molar-refractivity contribution in [2.45, 2.75) is 32.8 Å². The Hall–Kier alpha value is -3.75. The number of non-ortho nitro benzene ring substituents is 1. The first-order chi connectivity index (χ1) is 14.2. The first-order valence-electron chi connectivity index (χ1n) is 9.14. The van der Waals surface area contributed by atoms with E-state index in [1.807, 2.05) is 6.92 Å². The average Bonchev–Trinajstić information content (AvgIpc) is 2.72. The maximum Gasteiger partial charge on any atom is 0.307 e. The Labute approximate surface area is 173 Å². The molecule has 0 fully saturated rings. The Morgan fingerprint density at radius 1 is 1.10 bits per heavy atom. The van der Waals surface area contributed by atoms with E-state index in [1.165, 1.54) is 26.2 Å². The fourth-order valence-electron chi connectivity index (χ4n) is 2.55. The van der Waals surface area contributed by atoms with Crippen LogP contribution in [0.15, 0.2) is 42.5 Å². The molecule has 0 aliphatic heterocycles. The van der Waals surface area contributed by atoms with Crippen LogP contribution in [-0.2, 0) is 14.3 Å². The maximum atomic E-state index is 12.3. The van der Waals surface area contributed by atoms with Crippen LogP contribution in [0.25, 0.3) is 0 Å². The number of anilines is 1. The summed E-state index contributed by atoms with van der Waals surface area (Å²) < 4.78 is 10.1. The third-order valence-electron chi connectivity index (χ3n) is 4.26. The number of hydrogen-bond donors (Lipinski definition) is 1. The number of benzene rings is 2. The van der Waals surface area contributed by atoms with Gasteiger partial charge in [0.25, 0.3) is 11.6 Å². The number of methoxy groups -OCH3 is 1. The highest BCUT2D eigenvalue weighted by molar-refractivity contribution is 5.98. The molecule has 0 aliphatic rings. The highest BCUT2D eigenvalue weighted by Crippen LogP contribution is 2.29. The summed E-state index contributed by atoms with van der Waals surface area (Å²) in [5.74, 6) is -1.38. The molecule has 1 unspecified atom stereocenters. The third-order valence-corrected chi connectivity index (χ3v) is 4.26. The van der Waals surface area contributed by atoms with Crippen molar-refractivity contribution in [3.63, 3.8) is 0 Å². The molecule has 2 rings (SSSR count). The van der Waals surface area contributed by atoms with Crippen molar-refractivity contribution in [1.29, 1.82) is 0 Å². The zero-order chi connectivity index (χ0) is 22.3. The van der Waals surface area contributed by atoms with Gasteiger partial charge in [-0.15, -0.1) is 0 Å². The first kappa shape index (κ1) is 22.5. The van der Waals surface area contributed by atoms with E-state index in [-0.39, 0.29) is 35.7 Å². The van der Waals surface area contributed by atoms with Crippen LogP contribution in [0.4, 0.5) is 11.4 Å². The van der Waals surface area contributed by atoms with E-state index in [0.29, 0.717) is 5.56 Å². The predicted octanol–water partition coefficient (Wildman–Crippen LogP) is 3.45. The molecule has 0 aliphatic carbocycles. The van der Waals surface area contributed by atoms with Crippen molar-refractivity contribution >= 4 is 29.0 Å². The minimum atomic E-state index is -1.17. The molecule has 1 amide bonds. The van der Waals surface area contributed by atoms with E-state index < -0.39 is 22.9 Å². The van der Waals surface area contributed by atoms with Crippen LogP contribution in [0.2, 0.25) is 0 Å². The van der Waals surface area contributed by atoms with E-state index in [2.05, 4.69) is 5.32 Å².